The molecular formula is C14H19BrN2O2. The van der Waals surface area contributed by atoms with Crippen LogP contribution in [0.1, 0.15) is 36.2 Å². The summed E-state index contributed by atoms with van der Waals surface area (Å²) >= 11 is 3.21. The summed E-state index contributed by atoms with van der Waals surface area (Å²) in [6, 6.07) is 4.87. The molecule has 2 atom stereocenters. The van der Waals surface area contributed by atoms with Gasteiger partial charge in [0.1, 0.15) is 0 Å². The van der Waals surface area contributed by atoms with Gasteiger partial charge in [-0.05, 0) is 66.7 Å². The zero-order valence-electron chi connectivity index (χ0n) is 11.1. The molecule has 2 saturated heterocycles. The first-order valence-corrected chi connectivity index (χ1v) is 7.68. The van der Waals surface area contributed by atoms with Crippen LogP contribution in [-0.2, 0) is 0 Å². The Bertz CT molecular complexity index is 460. The third-order valence-electron chi connectivity index (χ3n) is 4.54. The number of fused-ring (bicyclic) bond motifs is 2. The number of hydrogen-bond acceptors (Lipinski definition) is 3. The van der Waals surface area contributed by atoms with E-state index in [-0.39, 0.29) is 5.91 Å². The monoisotopic (exact) mass is 326 g/mol. The quantitative estimate of drug-likeness (QED) is 0.928. The van der Waals surface area contributed by atoms with Crippen LogP contribution in [-0.4, -0.2) is 36.5 Å². The van der Waals surface area contributed by atoms with Crippen molar-refractivity contribution in [1.82, 2.24) is 10.2 Å². The molecule has 0 saturated carbocycles. The van der Waals surface area contributed by atoms with E-state index >= 15 is 0 Å². The Kier molecular flexibility index (Phi) is 3.67. The lowest BCUT2D eigenvalue weighted by Crippen LogP contribution is -2.43. The topological polar surface area (TPSA) is 45.5 Å². The average Bonchev–Trinajstić information content (AvgIpc) is 2.88. The first-order chi connectivity index (χ1) is 9.13. The molecular weight excluding hydrogens is 308 g/mol. The van der Waals surface area contributed by atoms with Gasteiger partial charge in [0, 0.05) is 18.6 Å². The lowest BCUT2D eigenvalue weighted by atomic mass is 9.91. The maximum absolute atomic E-state index is 11.9. The molecule has 1 aromatic rings. The lowest BCUT2D eigenvalue weighted by Gasteiger charge is -2.36. The minimum atomic E-state index is -0.114. The number of nitrogens with one attached hydrogen (secondary N) is 1. The van der Waals surface area contributed by atoms with Crippen molar-refractivity contribution in [3.8, 4) is 0 Å². The van der Waals surface area contributed by atoms with Crippen molar-refractivity contribution in [2.45, 2.75) is 37.8 Å². The van der Waals surface area contributed by atoms with Crippen molar-refractivity contribution < 1.29 is 9.21 Å². The number of hydrogen-bond donors (Lipinski definition) is 1. The van der Waals surface area contributed by atoms with Gasteiger partial charge in [-0.25, -0.2) is 0 Å². The zero-order chi connectivity index (χ0) is 13.4. The standard InChI is InChI=1S/C14H19BrN2O2/c1-17-10-2-3-11(17)7-9(6-10)8-16-14(18)12-4-5-13(15)19-12/h4-5,9-11H,2-3,6-8H2,1H3,(H,16,18). The predicted molar refractivity (Wildman–Crippen MR) is 76.0 cm³/mol. The van der Waals surface area contributed by atoms with Crippen LogP contribution in [0.3, 0.4) is 0 Å². The Hall–Kier alpha value is -0.810. The fraction of sp³-hybridized carbons (Fsp3) is 0.643. The molecule has 19 heavy (non-hydrogen) atoms. The first kappa shape index (κ1) is 13.2. The van der Waals surface area contributed by atoms with Crippen molar-refractivity contribution in [3.63, 3.8) is 0 Å². The Labute approximate surface area is 121 Å². The number of halogens is 1. The van der Waals surface area contributed by atoms with Crippen LogP contribution < -0.4 is 5.32 Å². The molecule has 1 amide bonds. The summed E-state index contributed by atoms with van der Waals surface area (Å²) < 4.78 is 5.85. The van der Waals surface area contributed by atoms with E-state index in [9.17, 15) is 4.79 Å². The molecule has 3 heterocycles. The number of furan rings is 1. The van der Waals surface area contributed by atoms with E-state index in [4.69, 9.17) is 4.42 Å². The summed E-state index contributed by atoms with van der Waals surface area (Å²) in [5.41, 5.74) is 0. The Balaban J connectivity index is 1.52. The molecule has 5 heteroatoms. The summed E-state index contributed by atoms with van der Waals surface area (Å²) in [5.74, 6) is 0.871. The number of amides is 1. The number of piperidine rings is 1. The maximum atomic E-state index is 11.9. The fourth-order valence-corrected chi connectivity index (χ4v) is 3.76. The van der Waals surface area contributed by atoms with Crippen molar-refractivity contribution in [2.75, 3.05) is 13.6 Å². The van der Waals surface area contributed by atoms with E-state index in [0.717, 1.165) is 18.6 Å². The predicted octanol–water partition coefficient (Wildman–Crippen LogP) is 2.64. The molecule has 0 spiro atoms. The van der Waals surface area contributed by atoms with Gasteiger partial charge < -0.3 is 14.6 Å². The zero-order valence-corrected chi connectivity index (χ0v) is 12.6. The van der Waals surface area contributed by atoms with Gasteiger partial charge in [-0.15, -0.1) is 0 Å². The Morgan fingerprint density at radius 1 is 1.42 bits per heavy atom. The highest BCUT2D eigenvalue weighted by Crippen LogP contribution is 2.37. The highest BCUT2D eigenvalue weighted by molar-refractivity contribution is 9.10. The van der Waals surface area contributed by atoms with Gasteiger partial charge in [0.2, 0.25) is 0 Å². The molecule has 2 aliphatic rings. The molecule has 0 aliphatic carbocycles. The smallest absolute Gasteiger partial charge is 0.287 e. The molecule has 2 fully saturated rings. The second kappa shape index (κ2) is 5.29. The van der Waals surface area contributed by atoms with E-state index in [2.05, 4.69) is 33.2 Å². The Morgan fingerprint density at radius 2 is 2.11 bits per heavy atom. The number of carbonyl (C=O) groups excluding carboxylic acids is 1. The maximum Gasteiger partial charge on any atom is 0.287 e. The molecule has 4 nitrogen and oxygen atoms in total. The minimum absolute atomic E-state index is 0.114. The Morgan fingerprint density at radius 3 is 2.68 bits per heavy atom. The first-order valence-electron chi connectivity index (χ1n) is 6.89. The summed E-state index contributed by atoms with van der Waals surface area (Å²) in [6.07, 6.45) is 5.04. The number of nitrogens with zero attached hydrogens (tertiary/aromatic N) is 1. The van der Waals surface area contributed by atoms with Crippen LogP contribution in [0.25, 0.3) is 0 Å². The second-order valence-corrected chi connectivity index (χ2v) is 6.48. The number of rotatable bonds is 3. The average molecular weight is 327 g/mol. The molecule has 1 N–H and O–H groups in total. The number of carbonyl (C=O) groups is 1. The van der Waals surface area contributed by atoms with Crippen molar-refractivity contribution in [2.24, 2.45) is 5.92 Å². The summed E-state index contributed by atoms with van der Waals surface area (Å²) in [5, 5.41) is 2.99. The minimum Gasteiger partial charge on any atom is -0.444 e. The molecule has 2 unspecified atom stereocenters. The molecule has 104 valence electrons. The highest BCUT2D eigenvalue weighted by atomic mass is 79.9. The molecule has 3 rings (SSSR count). The van der Waals surface area contributed by atoms with E-state index in [0.29, 0.717) is 16.3 Å². The van der Waals surface area contributed by atoms with Crippen molar-refractivity contribution in [3.05, 3.63) is 22.6 Å². The van der Waals surface area contributed by atoms with Crippen LogP contribution in [0.4, 0.5) is 0 Å². The normalized spacial score (nSPS) is 30.5. The van der Waals surface area contributed by atoms with E-state index in [1.54, 1.807) is 12.1 Å². The molecule has 2 aliphatic heterocycles. The molecule has 0 aromatic carbocycles. The molecule has 1 aromatic heterocycles. The van der Waals surface area contributed by atoms with Gasteiger partial charge in [-0.2, -0.15) is 0 Å². The molecule has 2 bridgehead atoms. The van der Waals surface area contributed by atoms with Crippen LogP contribution in [0.15, 0.2) is 21.2 Å². The largest absolute Gasteiger partial charge is 0.444 e. The van der Waals surface area contributed by atoms with Crippen LogP contribution in [0.5, 0.6) is 0 Å². The second-order valence-electron chi connectivity index (χ2n) is 5.70. The van der Waals surface area contributed by atoms with E-state index in [1.807, 2.05) is 0 Å². The van der Waals surface area contributed by atoms with Crippen molar-refractivity contribution >= 4 is 21.8 Å². The van der Waals surface area contributed by atoms with Crippen molar-refractivity contribution in [1.29, 1.82) is 0 Å². The van der Waals surface area contributed by atoms with Gasteiger partial charge >= 0.3 is 0 Å². The van der Waals surface area contributed by atoms with Gasteiger partial charge in [0.05, 0.1) is 0 Å². The van der Waals surface area contributed by atoms with E-state index < -0.39 is 0 Å². The van der Waals surface area contributed by atoms with E-state index in [1.165, 1.54) is 25.7 Å². The van der Waals surface area contributed by atoms with Crippen LogP contribution in [0, 0.1) is 5.92 Å². The van der Waals surface area contributed by atoms with Crippen LogP contribution in [0.2, 0.25) is 0 Å². The summed E-state index contributed by atoms with van der Waals surface area (Å²) in [7, 11) is 2.23. The summed E-state index contributed by atoms with van der Waals surface area (Å²) in [4.78, 5) is 14.4. The van der Waals surface area contributed by atoms with Crippen LogP contribution >= 0.6 is 15.9 Å². The third kappa shape index (κ3) is 2.72. The SMILES string of the molecule is CN1C2CCC1CC(CNC(=O)c1ccc(Br)o1)C2. The highest BCUT2D eigenvalue weighted by Gasteiger charge is 2.38. The van der Waals surface area contributed by atoms with Gasteiger partial charge in [-0.1, -0.05) is 0 Å². The van der Waals surface area contributed by atoms with Gasteiger partial charge in [0.25, 0.3) is 5.91 Å². The van der Waals surface area contributed by atoms with Gasteiger partial charge in [0.15, 0.2) is 10.4 Å². The lowest BCUT2D eigenvalue weighted by molar-refractivity contribution is 0.0890. The van der Waals surface area contributed by atoms with Gasteiger partial charge in [-0.3, -0.25) is 4.79 Å². The third-order valence-corrected chi connectivity index (χ3v) is 4.97. The fourth-order valence-electron chi connectivity index (χ4n) is 3.45. The molecule has 0 radical (unpaired) electrons. The summed E-state index contributed by atoms with van der Waals surface area (Å²) in [6.45, 7) is 0.762.